The first-order valence-corrected chi connectivity index (χ1v) is 7.76. The SMILES string of the molecule is CC(=O)NC(C(=O)Nc1cccc(Cl)c1Cl)C1CCCC1. The van der Waals surface area contributed by atoms with E-state index < -0.39 is 6.04 Å². The first-order chi connectivity index (χ1) is 9.99. The second kappa shape index (κ2) is 7.14. The third kappa shape index (κ3) is 4.11. The van der Waals surface area contributed by atoms with Crippen LogP contribution in [-0.2, 0) is 9.59 Å². The van der Waals surface area contributed by atoms with Crippen LogP contribution >= 0.6 is 23.2 Å². The molecule has 1 fully saturated rings. The number of anilines is 1. The summed E-state index contributed by atoms with van der Waals surface area (Å²) in [6.07, 6.45) is 4.07. The molecule has 1 aliphatic carbocycles. The molecule has 21 heavy (non-hydrogen) atoms. The molecule has 114 valence electrons. The van der Waals surface area contributed by atoms with E-state index in [1.54, 1.807) is 18.2 Å². The molecule has 0 bridgehead atoms. The van der Waals surface area contributed by atoms with Gasteiger partial charge in [-0.15, -0.1) is 0 Å². The van der Waals surface area contributed by atoms with Crippen LogP contribution in [0.3, 0.4) is 0 Å². The second-order valence-corrected chi connectivity index (χ2v) is 6.10. The van der Waals surface area contributed by atoms with Crippen LogP contribution < -0.4 is 10.6 Å². The maximum absolute atomic E-state index is 12.5. The Kier molecular flexibility index (Phi) is 5.48. The van der Waals surface area contributed by atoms with Crippen molar-refractivity contribution in [3.05, 3.63) is 28.2 Å². The van der Waals surface area contributed by atoms with E-state index in [4.69, 9.17) is 23.2 Å². The van der Waals surface area contributed by atoms with E-state index in [-0.39, 0.29) is 17.7 Å². The quantitative estimate of drug-likeness (QED) is 0.886. The Hall–Kier alpha value is -1.26. The number of carbonyl (C=O) groups excluding carboxylic acids is 2. The predicted octanol–water partition coefficient (Wildman–Crippen LogP) is 3.63. The summed E-state index contributed by atoms with van der Waals surface area (Å²) < 4.78 is 0. The molecule has 1 saturated carbocycles. The molecule has 6 heteroatoms. The summed E-state index contributed by atoms with van der Waals surface area (Å²) in [6, 6.07) is 4.53. The summed E-state index contributed by atoms with van der Waals surface area (Å²) in [5, 5.41) is 6.20. The zero-order valence-corrected chi connectivity index (χ0v) is 13.3. The number of amides is 2. The van der Waals surface area contributed by atoms with Gasteiger partial charge in [0.2, 0.25) is 11.8 Å². The fourth-order valence-corrected chi connectivity index (χ4v) is 3.07. The zero-order chi connectivity index (χ0) is 15.4. The van der Waals surface area contributed by atoms with Crippen molar-refractivity contribution in [2.45, 2.75) is 38.6 Å². The van der Waals surface area contributed by atoms with Gasteiger partial charge < -0.3 is 10.6 Å². The maximum Gasteiger partial charge on any atom is 0.247 e. The monoisotopic (exact) mass is 328 g/mol. The average Bonchev–Trinajstić information content (AvgIpc) is 2.94. The van der Waals surface area contributed by atoms with Crippen molar-refractivity contribution in [3.8, 4) is 0 Å². The third-order valence-electron chi connectivity index (χ3n) is 3.72. The normalized spacial score (nSPS) is 16.5. The molecule has 2 amide bonds. The molecule has 1 aromatic carbocycles. The summed E-state index contributed by atoms with van der Waals surface area (Å²) in [4.78, 5) is 23.8. The molecule has 1 aliphatic rings. The van der Waals surface area contributed by atoms with E-state index in [1.165, 1.54) is 6.92 Å². The highest BCUT2D eigenvalue weighted by Crippen LogP contribution is 2.31. The first kappa shape index (κ1) is 16.1. The molecule has 0 spiro atoms. The number of halogens is 2. The van der Waals surface area contributed by atoms with Gasteiger partial charge in [0.15, 0.2) is 0 Å². The summed E-state index contributed by atoms with van der Waals surface area (Å²) in [6.45, 7) is 1.42. The summed E-state index contributed by atoms with van der Waals surface area (Å²) in [7, 11) is 0. The number of rotatable bonds is 4. The molecule has 4 nitrogen and oxygen atoms in total. The second-order valence-electron chi connectivity index (χ2n) is 5.31. The van der Waals surface area contributed by atoms with Crippen LogP contribution in [0.25, 0.3) is 0 Å². The molecule has 2 N–H and O–H groups in total. The van der Waals surface area contributed by atoms with Gasteiger partial charge in [0.25, 0.3) is 0 Å². The molecule has 0 heterocycles. The van der Waals surface area contributed by atoms with Gasteiger partial charge in [-0.3, -0.25) is 9.59 Å². The van der Waals surface area contributed by atoms with Crippen LogP contribution in [0.4, 0.5) is 5.69 Å². The minimum Gasteiger partial charge on any atom is -0.344 e. The number of benzene rings is 1. The van der Waals surface area contributed by atoms with Gasteiger partial charge in [-0.2, -0.15) is 0 Å². The standard InChI is InChI=1S/C15H18Cl2N2O2/c1-9(20)18-14(10-5-2-3-6-10)15(21)19-12-8-4-7-11(16)13(12)17/h4,7-8,10,14H,2-3,5-6H2,1H3,(H,18,20)(H,19,21). The van der Waals surface area contributed by atoms with Crippen LogP contribution in [0.15, 0.2) is 18.2 Å². The lowest BCUT2D eigenvalue weighted by Gasteiger charge is -2.23. The van der Waals surface area contributed by atoms with Crippen molar-refractivity contribution < 1.29 is 9.59 Å². The van der Waals surface area contributed by atoms with E-state index >= 15 is 0 Å². The Morgan fingerprint density at radius 1 is 1.24 bits per heavy atom. The van der Waals surface area contributed by atoms with Crippen LogP contribution in [0.2, 0.25) is 10.0 Å². The minimum absolute atomic E-state index is 0.173. The Bertz CT molecular complexity index is 542. The van der Waals surface area contributed by atoms with Gasteiger partial charge in [0.05, 0.1) is 15.7 Å². The van der Waals surface area contributed by atoms with E-state index in [1.807, 2.05) is 0 Å². The molecule has 1 atom stereocenters. The maximum atomic E-state index is 12.5. The number of carbonyl (C=O) groups is 2. The van der Waals surface area contributed by atoms with Crippen molar-refractivity contribution in [1.29, 1.82) is 0 Å². The highest BCUT2D eigenvalue weighted by Gasteiger charge is 2.31. The number of hydrogen-bond acceptors (Lipinski definition) is 2. The molecule has 1 aromatic rings. The Balaban J connectivity index is 2.14. The fourth-order valence-electron chi connectivity index (χ4n) is 2.72. The van der Waals surface area contributed by atoms with Crippen molar-refractivity contribution >= 4 is 40.7 Å². The van der Waals surface area contributed by atoms with E-state index in [9.17, 15) is 9.59 Å². The molecule has 1 unspecified atom stereocenters. The van der Waals surface area contributed by atoms with Gasteiger partial charge >= 0.3 is 0 Å². The highest BCUT2D eigenvalue weighted by atomic mass is 35.5. The molecular formula is C15H18Cl2N2O2. The van der Waals surface area contributed by atoms with Crippen LogP contribution in [0.1, 0.15) is 32.6 Å². The van der Waals surface area contributed by atoms with Crippen molar-refractivity contribution in [3.63, 3.8) is 0 Å². The van der Waals surface area contributed by atoms with Crippen molar-refractivity contribution in [2.24, 2.45) is 5.92 Å². The topological polar surface area (TPSA) is 58.2 Å². The summed E-state index contributed by atoms with van der Waals surface area (Å²) in [5.74, 6) is -0.285. The summed E-state index contributed by atoms with van der Waals surface area (Å²) in [5.41, 5.74) is 0.461. The Labute approximate surface area is 134 Å². The van der Waals surface area contributed by atoms with Gasteiger partial charge in [0, 0.05) is 6.92 Å². The Morgan fingerprint density at radius 2 is 1.90 bits per heavy atom. The van der Waals surface area contributed by atoms with Crippen LogP contribution in [0, 0.1) is 5.92 Å². The molecule has 0 aliphatic heterocycles. The lowest BCUT2D eigenvalue weighted by atomic mass is 9.97. The lowest BCUT2D eigenvalue weighted by molar-refractivity contribution is -0.126. The van der Waals surface area contributed by atoms with E-state index in [2.05, 4.69) is 10.6 Å². The minimum atomic E-state index is -0.528. The highest BCUT2D eigenvalue weighted by molar-refractivity contribution is 6.44. The van der Waals surface area contributed by atoms with E-state index in [0.717, 1.165) is 25.7 Å². The van der Waals surface area contributed by atoms with Crippen molar-refractivity contribution in [2.75, 3.05) is 5.32 Å². The third-order valence-corrected chi connectivity index (χ3v) is 4.54. The molecule has 2 rings (SSSR count). The molecular weight excluding hydrogens is 311 g/mol. The zero-order valence-electron chi connectivity index (χ0n) is 11.8. The fraction of sp³-hybridized carbons (Fsp3) is 0.467. The number of hydrogen-bond donors (Lipinski definition) is 2. The van der Waals surface area contributed by atoms with Crippen LogP contribution in [-0.4, -0.2) is 17.9 Å². The predicted molar refractivity (Wildman–Crippen MR) is 84.7 cm³/mol. The Morgan fingerprint density at radius 3 is 2.52 bits per heavy atom. The smallest absolute Gasteiger partial charge is 0.247 e. The molecule has 0 saturated heterocycles. The van der Waals surface area contributed by atoms with Crippen molar-refractivity contribution in [1.82, 2.24) is 5.32 Å². The summed E-state index contributed by atoms with van der Waals surface area (Å²) >= 11 is 12.0. The molecule has 0 radical (unpaired) electrons. The first-order valence-electron chi connectivity index (χ1n) is 7.01. The number of nitrogens with one attached hydrogen (secondary N) is 2. The molecule has 0 aromatic heterocycles. The average molecular weight is 329 g/mol. The largest absolute Gasteiger partial charge is 0.344 e. The lowest BCUT2D eigenvalue weighted by Crippen LogP contribution is -2.47. The van der Waals surface area contributed by atoms with Gasteiger partial charge in [-0.05, 0) is 30.9 Å². The van der Waals surface area contributed by atoms with E-state index in [0.29, 0.717) is 15.7 Å². The van der Waals surface area contributed by atoms with Gasteiger partial charge in [-0.1, -0.05) is 42.1 Å². The van der Waals surface area contributed by atoms with Crippen LogP contribution in [0.5, 0.6) is 0 Å². The van der Waals surface area contributed by atoms with Gasteiger partial charge in [0.1, 0.15) is 6.04 Å². The van der Waals surface area contributed by atoms with Gasteiger partial charge in [-0.25, -0.2) is 0 Å².